The molecular formula is C20H24N2O. The molecule has 0 aromatic heterocycles. The minimum absolute atomic E-state index is 0.0493. The van der Waals surface area contributed by atoms with Crippen LogP contribution in [0.3, 0.4) is 0 Å². The van der Waals surface area contributed by atoms with E-state index in [1.165, 1.54) is 11.3 Å². The molecule has 1 unspecified atom stereocenters. The lowest BCUT2D eigenvalue weighted by molar-refractivity contribution is -0.133. The Hall–Kier alpha value is -2.29. The van der Waals surface area contributed by atoms with E-state index in [1.807, 2.05) is 23.1 Å². The van der Waals surface area contributed by atoms with Crippen molar-refractivity contribution >= 4 is 11.6 Å². The molecule has 1 heterocycles. The van der Waals surface area contributed by atoms with Crippen molar-refractivity contribution in [3.05, 3.63) is 65.7 Å². The van der Waals surface area contributed by atoms with Crippen molar-refractivity contribution < 1.29 is 4.79 Å². The molecule has 23 heavy (non-hydrogen) atoms. The summed E-state index contributed by atoms with van der Waals surface area (Å²) in [6, 6.07) is 18.5. The highest BCUT2D eigenvalue weighted by molar-refractivity contribution is 5.84. The Morgan fingerprint density at radius 2 is 1.74 bits per heavy atom. The van der Waals surface area contributed by atoms with Crippen molar-refractivity contribution in [1.82, 2.24) is 4.90 Å². The van der Waals surface area contributed by atoms with Gasteiger partial charge >= 0.3 is 0 Å². The number of fused-ring (bicyclic) bond motifs is 1. The summed E-state index contributed by atoms with van der Waals surface area (Å²) in [5, 5.41) is 0. The van der Waals surface area contributed by atoms with Gasteiger partial charge in [-0.05, 0) is 23.6 Å². The number of likely N-dealkylation sites (N-methyl/N-ethyl adjacent to an activating group) is 1. The quantitative estimate of drug-likeness (QED) is 0.864. The first kappa shape index (κ1) is 15.6. The van der Waals surface area contributed by atoms with Crippen LogP contribution in [-0.2, 0) is 11.3 Å². The molecule has 0 fully saturated rings. The van der Waals surface area contributed by atoms with E-state index in [4.69, 9.17) is 0 Å². The Balaban J connectivity index is 1.85. The number of nitrogens with zero attached hydrogens (tertiary/aromatic N) is 2. The van der Waals surface area contributed by atoms with Gasteiger partial charge in [0.25, 0.3) is 0 Å². The first-order chi connectivity index (χ1) is 11.2. The number of anilines is 1. The van der Waals surface area contributed by atoms with Gasteiger partial charge in [-0.1, -0.05) is 55.5 Å². The zero-order chi connectivity index (χ0) is 16.2. The minimum Gasteiger partial charge on any atom is -0.373 e. The summed E-state index contributed by atoms with van der Waals surface area (Å²) in [7, 11) is 2.10. The predicted octanol–water partition coefficient (Wildman–Crippen LogP) is 3.66. The number of hydrogen-bond acceptors (Lipinski definition) is 2. The maximum absolute atomic E-state index is 13.1. The second kappa shape index (κ2) is 6.86. The van der Waals surface area contributed by atoms with Crippen LogP contribution in [0.15, 0.2) is 54.6 Å². The Labute approximate surface area is 138 Å². The summed E-state index contributed by atoms with van der Waals surface area (Å²) in [5.74, 6) is 0.190. The third-order valence-electron chi connectivity index (χ3n) is 4.69. The van der Waals surface area contributed by atoms with Crippen molar-refractivity contribution in [3.63, 3.8) is 0 Å². The van der Waals surface area contributed by atoms with Gasteiger partial charge < -0.3 is 9.80 Å². The lowest BCUT2D eigenvalue weighted by Gasteiger charge is -2.26. The second-order valence-corrected chi connectivity index (χ2v) is 6.18. The van der Waals surface area contributed by atoms with Gasteiger partial charge in [0.15, 0.2) is 0 Å². The number of hydrogen-bond donors (Lipinski definition) is 0. The minimum atomic E-state index is -0.0493. The summed E-state index contributed by atoms with van der Waals surface area (Å²) in [6.45, 7) is 4.43. The highest BCUT2D eigenvalue weighted by Gasteiger charge is 2.27. The molecule has 2 aromatic carbocycles. The number of para-hydroxylation sites is 1. The van der Waals surface area contributed by atoms with Crippen molar-refractivity contribution in [2.24, 2.45) is 0 Å². The number of benzene rings is 2. The Bertz CT molecular complexity index is 668. The zero-order valence-corrected chi connectivity index (χ0v) is 13.9. The van der Waals surface area contributed by atoms with Gasteiger partial charge in [-0.2, -0.15) is 0 Å². The van der Waals surface area contributed by atoms with Gasteiger partial charge in [-0.25, -0.2) is 0 Å². The molecule has 0 saturated carbocycles. The second-order valence-electron chi connectivity index (χ2n) is 6.18. The van der Waals surface area contributed by atoms with Gasteiger partial charge in [0.1, 0.15) is 0 Å². The maximum atomic E-state index is 13.1. The maximum Gasteiger partial charge on any atom is 0.230 e. The monoisotopic (exact) mass is 308 g/mol. The van der Waals surface area contributed by atoms with Crippen LogP contribution in [-0.4, -0.2) is 30.9 Å². The highest BCUT2D eigenvalue weighted by Crippen LogP contribution is 2.27. The first-order valence-corrected chi connectivity index (χ1v) is 8.33. The normalized spacial score (nSPS) is 15.7. The standard InChI is InChI=1S/C20H24N2O/c1-3-18(16-9-5-4-6-10-16)20(23)22-14-13-21(2)19-12-8-7-11-17(19)15-22/h4-12,18H,3,13-15H2,1-2H3. The summed E-state index contributed by atoms with van der Waals surface area (Å²) in [5.41, 5.74) is 3.57. The van der Waals surface area contributed by atoms with Gasteiger partial charge in [-0.3, -0.25) is 4.79 Å². The fourth-order valence-electron chi connectivity index (χ4n) is 3.34. The molecule has 0 radical (unpaired) electrons. The third-order valence-corrected chi connectivity index (χ3v) is 4.69. The van der Waals surface area contributed by atoms with Gasteiger partial charge in [0, 0.05) is 32.4 Å². The molecule has 1 aliphatic rings. The van der Waals surface area contributed by atoms with Gasteiger partial charge in [-0.15, -0.1) is 0 Å². The number of rotatable bonds is 3. The molecule has 0 saturated heterocycles. The van der Waals surface area contributed by atoms with Crippen LogP contribution in [0.2, 0.25) is 0 Å². The van der Waals surface area contributed by atoms with Crippen molar-refractivity contribution in [3.8, 4) is 0 Å². The molecule has 3 rings (SSSR count). The fourth-order valence-corrected chi connectivity index (χ4v) is 3.34. The van der Waals surface area contributed by atoms with Crippen LogP contribution < -0.4 is 4.90 Å². The largest absolute Gasteiger partial charge is 0.373 e. The molecular weight excluding hydrogens is 284 g/mol. The smallest absolute Gasteiger partial charge is 0.230 e. The highest BCUT2D eigenvalue weighted by atomic mass is 16.2. The van der Waals surface area contributed by atoms with Gasteiger partial charge in [0.05, 0.1) is 5.92 Å². The van der Waals surface area contributed by atoms with Crippen molar-refractivity contribution in [2.75, 3.05) is 25.0 Å². The molecule has 3 nitrogen and oxygen atoms in total. The van der Waals surface area contributed by atoms with E-state index in [0.29, 0.717) is 6.54 Å². The Kier molecular flexibility index (Phi) is 4.65. The van der Waals surface area contributed by atoms with E-state index < -0.39 is 0 Å². The molecule has 120 valence electrons. The average molecular weight is 308 g/mol. The summed E-state index contributed by atoms with van der Waals surface area (Å²) < 4.78 is 0. The Morgan fingerprint density at radius 3 is 2.48 bits per heavy atom. The predicted molar refractivity (Wildman–Crippen MR) is 94.6 cm³/mol. The number of carbonyl (C=O) groups is 1. The molecule has 0 N–H and O–H groups in total. The molecule has 0 aliphatic carbocycles. The molecule has 2 aromatic rings. The fraction of sp³-hybridized carbons (Fsp3) is 0.350. The van der Waals surface area contributed by atoms with Crippen LogP contribution >= 0.6 is 0 Å². The van der Waals surface area contributed by atoms with E-state index in [-0.39, 0.29) is 11.8 Å². The van der Waals surface area contributed by atoms with E-state index in [9.17, 15) is 4.79 Å². The van der Waals surface area contributed by atoms with E-state index in [0.717, 1.165) is 25.1 Å². The molecule has 1 atom stereocenters. The Morgan fingerprint density at radius 1 is 1.04 bits per heavy atom. The number of carbonyl (C=O) groups excluding carboxylic acids is 1. The van der Waals surface area contributed by atoms with Crippen LogP contribution in [0, 0.1) is 0 Å². The zero-order valence-electron chi connectivity index (χ0n) is 13.9. The van der Waals surface area contributed by atoms with E-state index >= 15 is 0 Å². The molecule has 0 spiro atoms. The topological polar surface area (TPSA) is 23.6 Å². The molecule has 3 heteroatoms. The summed E-state index contributed by atoms with van der Waals surface area (Å²) in [4.78, 5) is 17.4. The summed E-state index contributed by atoms with van der Waals surface area (Å²) >= 11 is 0. The third kappa shape index (κ3) is 3.24. The molecule has 0 bridgehead atoms. The van der Waals surface area contributed by atoms with E-state index in [2.05, 4.69) is 55.3 Å². The van der Waals surface area contributed by atoms with Gasteiger partial charge in [0.2, 0.25) is 5.91 Å². The van der Waals surface area contributed by atoms with Crippen LogP contribution in [0.4, 0.5) is 5.69 Å². The van der Waals surface area contributed by atoms with E-state index in [1.54, 1.807) is 0 Å². The lowest BCUT2D eigenvalue weighted by atomic mass is 9.95. The van der Waals surface area contributed by atoms with Crippen LogP contribution in [0.25, 0.3) is 0 Å². The van der Waals surface area contributed by atoms with Crippen LogP contribution in [0.5, 0.6) is 0 Å². The SMILES string of the molecule is CCC(C(=O)N1CCN(C)c2ccccc2C1)c1ccccc1. The van der Waals surface area contributed by atoms with Crippen molar-refractivity contribution in [1.29, 1.82) is 0 Å². The average Bonchev–Trinajstić information content (AvgIpc) is 2.76. The summed E-state index contributed by atoms with van der Waals surface area (Å²) in [6.07, 6.45) is 0.830. The first-order valence-electron chi connectivity index (χ1n) is 8.33. The van der Waals surface area contributed by atoms with Crippen molar-refractivity contribution in [2.45, 2.75) is 25.8 Å². The van der Waals surface area contributed by atoms with Crippen LogP contribution in [0.1, 0.15) is 30.4 Å². The number of amides is 1. The molecule has 1 aliphatic heterocycles. The lowest BCUT2D eigenvalue weighted by Crippen LogP contribution is -2.37. The molecule has 1 amide bonds.